The monoisotopic (exact) mass is 567 g/mol. The number of nitrogens with one attached hydrogen (secondary N) is 2. The Balaban J connectivity index is 0.00000385. The minimum Gasteiger partial charge on any atom is -0.381 e. The number of nitrogens with zero attached hydrogens (tertiary/aromatic N) is 1. The Kier molecular flexibility index (Phi) is 14.1. The molecule has 6 nitrogen and oxygen atoms in total. The Morgan fingerprint density at radius 2 is 1.58 bits per heavy atom. The summed E-state index contributed by atoms with van der Waals surface area (Å²) in [5, 5.41) is 6.72. The van der Waals surface area contributed by atoms with Crippen molar-refractivity contribution in [2.45, 2.75) is 39.0 Å². The Morgan fingerprint density at radius 1 is 0.909 bits per heavy atom. The zero-order chi connectivity index (χ0) is 22.3. The predicted octanol–water partition coefficient (Wildman–Crippen LogP) is 4.52. The highest BCUT2D eigenvalue weighted by molar-refractivity contribution is 14.0. The van der Waals surface area contributed by atoms with E-state index in [2.05, 4.69) is 52.0 Å². The van der Waals surface area contributed by atoms with Crippen LogP contribution >= 0.6 is 24.0 Å². The van der Waals surface area contributed by atoms with E-state index >= 15 is 0 Å². The molecule has 3 rings (SSSR count). The maximum Gasteiger partial charge on any atom is 0.191 e. The van der Waals surface area contributed by atoms with Gasteiger partial charge < -0.3 is 24.8 Å². The van der Waals surface area contributed by atoms with Crippen LogP contribution in [-0.4, -0.2) is 46.0 Å². The fourth-order valence-electron chi connectivity index (χ4n) is 3.56. The Morgan fingerprint density at radius 3 is 2.27 bits per heavy atom. The van der Waals surface area contributed by atoms with Gasteiger partial charge in [0.15, 0.2) is 5.96 Å². The average Bonchev–Trinajstić information content (AvgIpc) is 2.85. The molecule has 0 amide bonds. The lowest BCUT2D eigenvalue weighted by molar-refractivity contribution is 0.0203. The molecule has 0 bridgehead atoms. The number of halogens is 1. The topological polar surface area (TPSA) is 64.1 Å². The van der Waals surface area contributed by atoms with Gasteiger partial charge in [-0.05, 0) is 41.9 Å². The van der Waals surface area contributed by atoms with Crippen LogP contribution in [0.2, 0.25) is 0 Å². The zero-order valence-corrected chi connectivity index (χ0v) is 22.0. The molecule has 1 saturated heterocycles. The standard InChI is InChI=1S/C26H37N3O3.HI/c1-27-26(28-14-5-15-31-19-25-12-16-30-17-13-25)29-18-22-8-10-24(11-9-22)21-32-20-23-6-3-2-4-7-23;/h2-4,6-11,25H,5,12-21H2,1H3,(H2,27,28,29);1H. The van der Waals surface area contributed by atoms with E-state index in [9.17, 15) is 0 Å². The molecular weight excluding hydrogens is 529 g/mol. The number of benzene rings is 2. The van der Waals surface area contributed by atoms with Crippen molar-refractivity contribution in [3.05, 3.63) is 71.3 Å². The van der Waals surface area contributed by atoms with Gasteiger partial charge in [-0.2, -0.15) is 0 Å². The van der Waals surface area contributed by atoms with Crippen molar-refractivity contribution in [3.63, 3.8) is 0 Å². The second kappa shape index (κ2) is 16.9. The van der Waals surface area contributed by atoms with Crippen LogP contribution in [0.1, 0.15) is 36.0 Å². The molecule has 33 heavy (non-hydrogen) atoms. The molecule has 0 aliphatic carbocycles. The highest BCUT2D eigenvalue weighted by atomic mass is 127. The fourth-order valence-corrected chi connectivity index (χ4v) is 3.56. The number of hydrogen-bond donors (Lipinski definition) is 2. The van der Waals surface area contributed by atoms with Gasteiger partial charge in [-0.15, -0.1) is 24.0 Å². The molecule has 1 aliphatic rings. The minimum atomic E-state index is 0. The van der Waals surface area contributed by atoms with Gasteiger partial charge in [-0.3, -0.25) is 4.99 Å². The summed E-state index contributed by atoms with van der Waals surface area (Å²) in [5.74, 6) is 1.47. The SMILES string of the molecule is CN=C(NCCCOCC1CCOCC1)NCc1ccc(COCc2ccccc2)cc1.I. The van der Waals surface area contributed by atoms with E-state index in [0.717, 1.165) is 64.7 Å². The van der Waals surface area contributed by atoms with E-state index in [1.165, 1.54) is 16.7 Å². The second-order valence-electron chi connectivity index (χ2n) is 8.13. The third-order valence-electron chi connectivity index (χ3n) is 5.54. The number of guanidine groups is 1. The normalized spacial score (nSPS) is 14.5. The summed E-state index contributed by atoms with van der Waals surface area (Å²) in [7, 11) is 1.80. The molecular formula is C26H38IN3O3. The van der Waals surface area contributed by atoms with E-state index < -0.39 is 0 Å². The van der Waals surface area contributed by atoms with Crippen molar-refractivity contribution in [1.82, 2.24) is 10.6 Å². The quantitative estimate of drug-likeness (QED) is 0.171. The van der Waals surface area contributed by atoms with E-state index in [4.69, 9.17) is 14.2 Å². The lowest BCUT2D eigenvalue weighted by atomic mass is 10.0. The van der Waals surface area contributed by atoms with Crippen molar-refractivity contribution in [2.75, 3.05) is 40.0 Å². The van der Waals surface area contributed by atoms with Crippen LogP contribution in [0.5, 0.6) is 0 Å². The second-order valence-corrected chi connectivity index (χ2v) is 8.13. The Labute approximate surface area is 215 Å². The zero-order valence-electron chi connectivity index (χ0n) is 19.6. The summed E-state index contributed by atoms with van der Waals surface area (Å²) in [6.07, 6.45) is 3.20. The van der Waals surface area contributed by atoms with Gasteiger partial charge >= 0.3 is 0 Å². The number of hydrogen-bond acceptors (Lipinski definition) is 4. The molecule has 0 saturated carbocycles. The first-order chi connectivity index (χ1) is 15.8. The van der Waals surface area contributed by atoms with Crippen molar-refractivity contribution >= 4 is 29.9 Å². The highest BCUT2D eigenvalue weighted by Gasteiger charge is 2.13. The van der Waals surface area contributed by atoms with Crippen LogP contribution in [0.25, 0.3) is 0 Å². The lowest BCUT2D eigenvalue weighted by Crippen LogP contribution is -2.37. The molecule has 0 aromatic heterocycles. The van der Waals surface area contributed by atoms with E-state index in [1.54, 1.807) is 7.05 Å². The number of aliphatic imine (C=N–C) groups is 1. The van der Waals surface area contributed by atoms with Crippen LogP contribution in [-0.2, 0) is 34.0 Å². The van der Waals surface area contributed by atoms with Gasteiger partial charge in [0.25, 0.3) is 0 Å². The molecule has 1 heterocycles. The molecule has 2 aromatic rings. The summed E-state index contributed by atoms with van der Waals surface area (Å²) in [6.45, 7) is 6.19. The van der Waals surface area contributed by atoms with Gasteiger partial charge in [0.1, 0.15) is 0 Å². The van der Waals surface area contributed by atoms with Crippen LogP contribution in [0, 0.1) is 5.92 Å². The first-order valence-electron chi connectivity index (χ1n) is 11.6. The first-order valence-corrected chi connectivity index (χ1v) is 11.6. The lowest BCUT2D eigenvalue weighted by Gasteiger charge is -2.21. The molecule has 0 spiro atoms. The molecule has 1 fully saturated rings. The maximum absolute atomic E-state index is 5.82. The average molecular weight is 568 g/mol. The minimum absolute atomic E-state index is 0. The summed E-state index contributed by atoms with van der Waals surface area (Å²) in [4.78, 5) is 4.30. The summed E-state index contributed by atoms with van der Waals surface area (Å²) in [6, 6.07) is 18.7. The van der Waals surface area contributed by atoms with Gasteiger partial charge in [0.05, 0.1) is 13.2 Å². The fraction of sp³-hybridized carbons (Fsp3) is 0.500. The molecule has 0 unspecified atom stereocenters. The van der Waals surface area contributed by atoms with Crippen molar-refractivity contribution < 1.29 is 14.2 Å². The third kappa shape index (κ3) is 11.3. The van der Waals surface area contributed by atoms with Gasteiger partial charge in [0.2, 0.25) is 0 Å². The van der Waals surface area contributed by atoms with Gasteiger partial charge in [0, 0.05) is 46.6 Å². The van der Waals surface area contributed by atoms with E-state index in [-0.39, 0.29) is 24.0 Å². The molecule has 1 aliphatic heterocycles. The van der Waals surface area contributed by atoms with Crippen molar-refractivity contribution in [2.24, 2.45) is 10.9 Å². The number of ether oxygens (including phenoxy) is 3. The van der Waals surface area contributed by atoms with Crippen LogP contribution in [0.3, 0.4) is 0 Å². The van der Waals surface area contributed by atoms with Crippen LogP contribution in [0.4, 0.5) is 0 Å². The van der Waals surface area contributed by atoms with Crippen molar-refractivity contribution in [3.8, 4) is 0 Å². The molecule has 2 aromatic carbocycles. The van der Waals surface area contributed by atoms with Crippen LogP contribution < -0.4 is 10.6 Å². The maximum atomic E-state index is 5.82. The first kappa shape index (κ1) is 27.6. The highest BCUT2D eigenvalue weighted by Crippen LogP contribution is 2.14. The van der Waals surface area contributed by atoms with Gasteiger partial charge in [-0.1, -0.05) is 54.6 Å². The van der Waals surface area contributed by atoms with E-state index in [0.29, 0.717) is 19.1 Å². The summed E-state index contributed by atoms with van der Waals surface area (Å²) >= 11 is 0. The Bertz CT molecular complexity index is 781. The Hall–Kier alpha value is -1.68. The molecule has 0 radical (unpaired) electrons. The molecule has 182 valence electrons. The summed E-state index contributed by atoms with van der Waals surface area (Å²) < 4.78 is 17.0. The summed E-state index contributed by atoms with van der Waals surface area (Å²) in [5.41, 5.74) is 3.57. The van der Waals surface area contributed by atoms with Gasteiger partial charge in [-0.25, -0.2) is 0 Å². The largest absolute Gasteiger partial charge is 0.381 e. The van der Waals surface area contributed by atoms with Crippen molar-refractivity contribution in [1.29, 1.82) is 0 Å². The van der Waals surface area contributed by atoms with Crippen LogP contribution in [0.15, 0.2) is 59.6 Å². The molecule has 2 N–H and O–H groups in total. The number of rotatable bonds is 12. The van der Waals surface area contributed by atoms with E-state index in [1.807, 2.05) is 18.2 Å². The smallest absolute Gasteiger partial charge is 0.191 e. The molecule has 7 heteroatoms. The third-order valence-corrected chi connectivity index (χ3v) is 5.54. The predicted molar refractivity (Wildman–Crippen MR) is 144 cm³/mol. The molecule has 0 atom stereocenters.